The maximum Gasteiger partial charge on any atom is 0.264 e. The monoisotopic (exact) mass is 885 g/mol. The molecule has 8 aromatic rings. The fourth-order valence-electron chi connectivity index (χ4n) is 10.9. The van der Waals surface area contributed by atoms with Crippen molar-refractivity contribution in [2.45, 2.75) is 111 Å². The molecule has 0 atom stereocenters. The predicted molar refractivity (Wildman–Crippen MR) is 288 cm³/mol. The third-order valence-corrected chi connectivity index (χ3v) is 15.9. The van der Waals surface area contributed by atoms with E-state index in [0.29, 0.717) is 11.4 Å². The Labute approximate surface area is 404 Å². The molecule has 0 saturated heterocycles. The van der Waals surface area contributed by atoms with E-state index in [4.69, 9.17) is 4.11 Å². The molecule has 11 rings (SSSR count). The molecule has 66 heavy (non-hydrogen) atoms. The molecule has 0 fully saturated rings. The van der Waals surface area contributed by atoms with Crippen LogP contribution in [0, 0.1) is 6.92 Å². The van der Waals surface area contributed by atoms with Gasteiger partial charge in [-0.2, -0.15) is 0 Å². The number of para-hydroxylation sites is 2. The largest absolute Gasteiger partial charge is 0.311 e. The highest BCUT2D eigenvalue weighted by atomic mass is 32.1. The molecule has 0 saturated carbocycles. The fraction of sp³-hybridized carbons (Fsp3) is 0.279. The number of thiophene rings is 1. The zero-order valence-corrected chi connectivity index (χ0v) is 41.1. The van der Waals surface area contributed by atoms with Gasteiger partial charge in [-0.1, -0.05) is 136 Å². The second-order valence-electron chi connectivity index (χ2n) is 22.3. The van der Waals surface area contributed by atoms with Crippen molar-refractivity contribution in [3.8, 4) is 0 Å². The Kier molecular flexibility index (Phi) is 8.43. The molecule has 330 valence electrons. The first-order chi connectivity index (χ1) is 33.5. The lowest BCUT2D eigenvalue weighted by Crippen LogP contribution is -2.60. The Balaban J connectivity index is 1.24. The molecule has 3 aliphatic rings. The standard InChI is InChI=1S/C61H62BN3S/c1-39-34-52-55-53(35-39)65(45-28-24-41(25-29-45)59(5,6)7)56-47-37-48-49(61(10,11)33-32-60(48,8)9)38-54(47)66-57(56)62(55)50-31-30-46(63(42-18-14-12-15-19-42)43-20-16-13-17-21-43)36-51(50)64(52)44-26-22-40(23-27-44)58(2,3)4/h12-31,34-38H,32-33H2,1-11H3/i12D,14D,15D,18D,19D. The molecule has 2 aliphatic heterocycles. The smallest absolute Gasteiger partial charge is 0.264 e. The molecule has 3 nitrogen and oxygen atoms in total. The number of fused-ring (bicyclic) bond motifs is 7. The third-order valence-electron chi connectivity index (χ3n) is 14.7. The van der Waals surface area contributed by atoms with Crippen LogP contribution in [0.4, 0.5) is 51.2 Å². The maximum atomic E-state index is 9.26. The number of benzene rings is 7. The van der Waals surface area contributed by atoms with Crippen molar-refractivity contribution < 1.29 is 6.85 Å². The summed E-state index contributed by atoms with van der Waals surface area (Å²) in [6.07, 6.45) is 2.26. The number of nitrogens with zero attached hydrogens (tertiary/aromatic N) is 3. The van der Waals surface area contributed by atoms with Crippen LogP contribution in [0.25, 0.3) is 10.1 Å². The van der Waals surface area contributed by atoms with Gasteiger partial charge in [0.2, 0.25) is 0 Å². The first kappa shape index (κ1) is 37.1. The van der Waals surface area contributed by atoms with E-state index in [-0.39, 0.29) is 58.2 Å². The van der Waals surface area contributed by atoms with Crippen LogP contribution in [-0.4, -0.2) is 6.71 Å². The quantitative estimate of drug-likeness (QED) is 0.159. The maximum absolute atomic E-state index is 9.26. The van der Waals surface area contributed by atoms with Crippen molar-refractivity contribution in [2.24, 2.45) is 0 Å². The molecule has 0 unspecified atom stereocenters. The van der Waals surface area contributed by atoms with E-state index in [1.165, 1.54) is 48.3 Å². The lowest BCUT2D eigenvalue weighted by molar-refractivity contribution is 0.332. The van der Waals surface area contributed by atoms with Gasteiger partial charge in [0.15, 0.2) is 0 Å². The zero-order valence-electron chi connectivity index (χ0n) is 45.3. The van der Waals surface area contributed by atoms with Gasteiger partial charge in [-0.25, -0.2) is 0 Å². The minimum absolute atomic E-state index is 0.00403. The summed E-state index contributed by atoms with van der Waals surface area (Å²) < 4.78 is 47.1. The molecule has 5 heteroatoms. The van der Waals surface area contributed by atoms with Gasteiger partial charge in [0.25, 0.3) is 6.71 Å². The van der Waals surface area contributed by atoms with Crippen molar-refractivity contribution in [3.63, 3.8) is 0 Å². The van der Waals surface area contributed by atoms with Gasteiger partial charge in [0.1, 0.15) is 0 Å². The highest BCUT2D eigenvalue weighted by Crippen LogP contribution is 2.53. The van der Waals surface area contributed by atoms with Crippen LogP contribution in [0.1, 0.15) is 117 Å². The van der Waals surface area contributed by atoms with Crippen LogP contribution in [0.5, 0.6) is 0 Å². The van der Waals surface area contributed by atoms with E-state index in [1.54, 1.807) is 0 Å². The average molecular weight is 885 g/mol. The van der Waals surface area contributed by atoms with Crippen LogP contribution >= 0.6 is 11.3 Å². The van der Waals surface area contributed by atoms with Crippen LogP contribution in [0.15, 0.2) is 152 Å². The third kappa shape index (κ3) is 6.83. The molecule has 0 N–H and O–H groups in total. The highest BCUT2D eigenvalue weighted by Gasteiger charge is 2.47. The molecular weight excluding hydrogens is 818 g/mol. The first-order valence-corrected chi connectivity index (χ1v) is 24.4. The summed E-state index contributed by atoms with van der Waals surface area (Å²) in [5, 5.41) is 1.28. The van der Waals surface area contributed by atoms with Crippen LogP contribution in [-0.2, 0) is 21.7 Å². The van der Waals surface area contributed by atoms with E-state index in [2.05, 4.69) is 177 Å². The van der Waals surface area contributed by atoms with Crippen LogP contribution in [0.3, 0.4) is 0 Å². The lowest BCUT2D eigenvalue weighted by Gasteiger charge is -2.44. The normalized spacial score (nSPS) is 16.9. The molecule has 7 aromatic carbocycles. The molecule has 3 heterocycles. The summed E-state index contributed by atoms with van der Waals surface area (Å²) in [5.41, 5.74) is 17.0. The minimum Gasteiger partial charge on any atom is -0.311 e. The number of hydrogen-bond acceptors (Lipinski definition) is 4. The molecule has 0 bridgehead atoms. The second-order valence-corrected chi connectivity index (χ2v) is 23.4. The minimum atomic E-state index is -0.418. The van der Waals surface area contributed by atoms with Crippen molar-refractivity contribution in [1.29, 1.82) is 0 Å². The van der Waals surface area contributed by atoms with Gasteiger partial charge in [0.05, 0.1) is 12.5 Å². The van der Waals surface area contributed by atoms with E-state index in [0.717, 1.165) is 52.3 Å². The summed E-state index contributed by atoms with van der Waals surface area (Å²) in [6.45, 7) is 25.3. The molecule has 1 aliphatic carbocycles. The highest BCUT2D eigenvalue weighted by molar-refractivity contribution is 7.33. The SMILES string of the molecule is [2H]c1c([2H])c([2H])c(N(c2ccccc2)c2ccc3c(c2)N(c2ccc(C(C)(C)C)cc2)c2cc(C)cc4c2B3c2sc3cc5c(cc3c2N4c2ccc(C(C)(C)C)cc2)C(C)(C)CCC5(C)C)c([2H])c1[2H]. The predicted octanol–water partition coefficient (Wildman–Crippen LogP) is 15.7. The van der Waals surface area contributed by atoms with E-state index >= 15 is 0 Å². The van der Waals surface area contributed by atoms with E-state index in [9.17, 15) is 2.74 Å². The summed E-state index contributed by atoms with van der Waals surface area (Å²) >= 11 is 1.92. The lowest BCUT2D eigenvalue weighted by atomic mass is 9.36. The first-order valence-electron chi connectivity index (χ1n) is 26.1. The van der Waals surface area contributed by atoms with Gasteiger partial charge in [-0.15, -0.1) is 11.3 Å². The van der Waals surface area contributed by atoms with E-state index in [1.807, 2.05) is 46.6 Å². The van der Waals surface area contributed by atoms with Crippen molar-refractivity contribution in [1.82, 2.24) is 0 Å². The summed E-state index contributed by atoms with van der Waals surface area (Å²) in [6, 6.07) is 42.5. The van der Waals surface area contributed by atoms with E-state index < -0.39 is 6.04 Å². The van der Waals surface area contributed by atoms with Crippen LogP contribution in [0.2, 0.25) is 0 Å². The number of hydrogen-bond donors (Lipinski definition) is 0. The summed E-state index contributed by atoms with van der Waals surface area (Å²) in [4.78, 5) is 6.80. The average Bonchev–Trinajstić information content (AvgIpc) is 3.70. The van der Waals surface area contributed by atoms with Gasteiger partial charge < -0.3 is 14.7 Å². The Hall–Kier alpha value is -6.04. The van der Waals surface area contributed by atoms with Crippen LogP contribution < -0.4 is 30.4 Å². The Morgan fingerprint density at radius 1 is 0.591 bits per heavy atom. The second kappa shape index (κ2) is 15.0. The molecule has 0 amide bonds. The van der Waals surface area contributed by atoms with Gasteiger partial charge in [-0.3, -0.25) is 0 Å². The summed E-state index contributed by atoms with van der Waals surface area (Å²) in [7, 11) is 0. The molecule has 1 aromatic heterocycles. The van der Waals surface area contributed by atoms with Crippen molar-refractivity contribution in [3.05, 3.63) is 179 Å². The van der Waals surface area contributed by atoms with Crippen molar-refractivity contribution >= 4 is 95.0 Å². The molecular formula is C61H62BN3S. The topological polar surface area (TPSA) is 9.72 Å². The molecule has 0 radical (unpaired) electrons. The molecule has 0 spiro atoms. The Bertz CT molecular complexity index is 3450. The summed E-state index contributed by atoms with van der Waals surface area (Å²) in [5.74, 6) is 0. The number of anilines is 9. The Morgan fingerprint density at radius 2 is 1.15 bits per heavy atom. The Morgan fingerprint density at radius 3 is 1.74 bits per heavy atom. The number of aryl methyl sites for hydroxylation is 1. The number of rotatable bonds is 5. The zero-order chi connectivity index (χ0) is 50.4. The van der Waals surface area contributed by atoms with Crippen molar-refractivity contribution in [2.75, 3.05) is 14.7 Å². The van der Waals surface area contributed by atoms with Gasteiger partial charge in [0, 0.05) is 60.4 Å². The fourth-order valence-corrected chi connectivity index (χ4v) is 12.2. The van der Waals surface area contributed by atoms with Gasteiger partial charge >= 0.3 is 0 Å². The van der Waals surface area contributed by atoms with Gasteiger partial charge in [-0.05, 0) is 165 Å².